The summed E-state index contributed by atoms with van der Waals surface area (Å²) in [4.78, 5) is 21.7. The number of hydrogen-bond acceptors (Lipinski definition) is 3. The number of halogens is 3. The fourth-order valence-corrected chi connectivity index (χ4v) is 4.72. The second kappa shape index (κ2) is 10.5. The molecule has 2 aromatic carbocycles. The smallest absolute Gasteiger partial charge is 0.416 e. The lowest BCUT2D eigenvalue weighted by atomic mass is 9.93. The van der Waals surface area contributed by atoms with Crippen molar-refractivity contribution in [1.29, 1.82) is 0 Å². The minimum atomic E-state index is -4.43. The first kappa shape index (κ1) is 24.6. The molecular formula is C29H26F3N3O2. The van der Waals surface area contributed by atoms with Gasteiger partial charge in [-0.1, -0.05) is 42.5 Å². The third-order valence-corrected chi connectivity index (χ3v) is 6.71. The molecule has 1 aliphatic heterocycles. The van der Waals surface area contributed by atoms with E-state index in [1.807, 2.05) is 48.5 Å². The van der Waals surface area contributed by atoms with Gasteiger partial charge in [0.2, 0.25) is 0 Å². The molecule has 0 saturated carbocycles. The van der Waals surface area contributed by atoms with E-state index in [0.29, 0.717) is 24.3 Å². The van der Waals surface area contributed by atoms with Gasteiger partial charge >= 0.3 is 12.3 Å². The van der Waals surface area contributed by atoms with Crippen LogP contribution in [0.2, 0.25) is 0 Å². The van der Waals surface area contributed by atoms with E-state index in [1.165, 1.54) is 12.1 Å². The molecule has 0 spiro atoms. The molecule has 2 aromatic heterocycles. The summed E-state index contributed by atoms with van der Waals surface area (Å²) in [5, 5.41) is 0. The summed E-state index contributed by atoms with van der Waals surface area (Å²) in [5.74, 6) is 0.137. The third-order valence-electron chi connectivity index (χ3n) is 6.71. The number of aromatic amines is 1. The second-order valence-corrected chi connectivity index (χ2v) is 9.13. The highest BCUT2D eigenvalue weighted by Gasteiger charge is 2.31. The van der Waals surface area contributed by atoms with Gasteiger partial charge in [0.05, 0.1) is 11.3 Å². The summed E-state index contributed by atoms with van der Waals surface area (Å²) < 4.78 is 45.7. The van der Waals surface area contributed by atoms with Crippen LogP contribution in [0, 0.1) is 0 Å². The molecule has 1 aliphatic rings. The summed E-state index contributed by atoms with van der Waals surface area (Å²) in [6.07, 6.45) is 0.00681. The Balaban J connectivity index is 1.34. The van der Waals surface area contributed by atoms with E-state index >= 15 is 0 Å². The van der Waals surface area contributed by atoms with Gasteiger partial charge in [-0.05, 0) is 59.9 Å². The van der Waals surface area contributed by atoms with Crippen LogP contribution in [-0.2, 0) is 17.5 Å². The predicted octanol–water partition coefficient (Wildman–Crippen LogP) is 7.28. The number of nitrogens with one attached hydrogen (secondary N) is 1. The molecule has 3 heterocycles. The summed E-state index contributed by atoms with van der Waals surface area (Å²) in [5.41, 5.74) is 3.98. The monoisotopic (exact) mass is 505 g/mol. The van der Waals surface area contributed by atoms with Crippen molar-refractivity contribution in [2.45, 2.75) is 31.5 Å². The maximum atomic E-state index is 13.4. The maximum absolute atomic E-state index is 13.4. The maximum Gasteiger partial charge on any atom is 0.416 e. The van der Waals surface area contributed by atoms with E-state index in [4.69, 9.17) is 4.74 Å². The molecule has 1 amide bonds. The van der Waals surface area contributed by atoms with Crippen LogP contribution in [0.15, 0.2) is 85.2 Å². The molecule has 1 saturated heterocycles. The number of aromatic nitrogens is 2. The number of likely N-dealkylation sites (tertiary alicyclic amines) is 1. The molecule has 0 bridgehead atoms. The first-order chi connectivity index (χ1) is 17.9. The Morgan fingerprint density at radius 1 is 0.946 bits per heavy atom. The Hall–Kier alpha value is -4.07. The minimum Gasteiger partial charge on any atom is -0.445 e. The Bertz CT molecular complexity index is 1350. The lowest BCUT2D eigenvalue weighted by molar-refractivity contribution is -0.137. The van der Waals surface area contributed by atoms with Crippen molar-refractivity contribution in [3.05, 3.63) is 102 Å². The quantitative estimate of drug-likeness (QED) is 0.310. The Morgan fingerprint density at radius 2 is 1.68 bits per heavy atom. The van der Waals surface area contributed by atoms with Gasteiger partial charge in [0, 0.05) is 42.7 Å². The fourth-order valence-electron chi connectivity index (χ4n) is 4.72. The van der Waals surface area contributed by atoms with Crippen molar-refractivity contribution in [3.8, 4) is 22.4 Å². The average Bonchev–Trinajstić information content (AvgIpc) is 3.38. The summed E-state index contributed by atoms with van der Waals surface area (Å²) in [6, 6.07) is 20.6. The van der Waals surface area contributed by atoms with Gasteiger partial charge in [0.1, 0.15) is 6.61 Å². The number of carbonyl (C=O) groups excluding carboxylic acids is 1. The van der Waals surface area contributed by atoms with Gasteiger partial charge in [-0.25, -0.2) is 4.79 Å². The van der Waals surface area contributed by atoms with Crippen molar-refractivity contribution in [1.82, 2.24) is 14.9 Å². The van der Waals surface area contributed by atoms with Crippen LogP contribution in [0.25, 0.3) is 22.4 Å². The summed E-state index contributed by atoms with van der Waals surface area (Å²) in [6.45, 7) is 1.31. The molecule has 5 rings (SSSR count). The zero-order chi connectivity index (χ0) is 25.8. The van der Waals surface area contributed by atoms with Crippen molar-refractivity contribution in [3.63, 3.8) is 0 Å². The number of ether oxygens (including phenoxy) is 1. The van der Waals surface area contributed by atoms with Gasteiger partial charge in [0.25, 0.3) is 0 Å². The number of hydrogen-bond donors (Lipinski definition) is 1. The van der Waals surface area contributed by atoms with Crippen LogP contribution in [0.5, 0.6) is 0 Å². The number of carbonyl (C=O) groups is 1. The van der Waals surface area contributed by atoms with Crippen LogP contribution in [0.4, 0.5) is 18.0 Å². The SMILES string of the molecule is O=C(OCc1ccccc1)N1CCC(c2cc(-c3ccncc3)c(-c3cccc(C(F)(F)F)c3)[nH]2)CC1. The molecule has 37 heavy (non-hydrogen) atoms. The van der Waals surface area contributed by atoms with E-state index in [2.05, 4.69) is 9.97 Å². The number of pyridine rings is 1. The zero-order valence-corrected chi connectivity index (χ0v) is 20.0. The Labute approximate surface area is 212 Å². The van der Waals surface area contributed by atoms with E-state index in [1.54, 1.807) is 23.4 Å². The van der Waals surface area contributed by atoms with Crippen molar-refractivity contribution < 1.29 is 22.7 Å². The highest BCUT2D eigenvalue weighted by atomic mass is 19.4. The third kappa shape index (κ3) is 5.69. The molecule has 8 heteroatoms. The van der Waals surface area contributed by atoms with Gasteiger partial charge < -0.3 is 14.6 Å². The van der Waals surface area contributed by atoms with E-state index in [9.17, 15) is 18.0 Å². The van der Waals surface area contributed by atoms with Crippen LogP contribution in [0.1, 0.15) is 35.6 Å². The number of rotatable bonds is 5. The standard InChI is InChI=1S/C29H26F3N3O2/c30-29(31,32)24-8-4-7-23(17-24)27-25(21-9-13-33-14-10-21)18-26(34-27)22-11-15-35(16-12-22)28(36)37-19-20-5-2-1-3-6-20/h1-10,13-14,17-18,22,34H,11-12,15-16,19H2. The lowest BCUT2D eigenvalue weighted by Crippen LogP contribution is -2.38. The van der Waals surface area contributed by atoms with Crippen LogP contribution >= 0.6 is 0 Å². The molecular weight excluding hydrogens is 479 g/mol. The first-order valence-electron chi connectivity index (χ1n) is 12.1. The number of nitrogens with zero attached hydrogens (tertiary/aromatic N) is 2. The number of piperidine rings is 1. The molecule has 0 radical (unpaired) electrons. The van der Waals surface area contributed by atoms with Gasteiger partial charge in [0.15, 0.2) is 0 Å². The first-order valence-corrected chi connectivity index (χ1v) is 12.1. The van der Waals surface area contributed by atoms with Crippen molar-refractivity contribution in [2.75, 3.05) is 13.1 Å². The molecule has 4 aromatic rings. The molecule has 0 aliphatic carbocycles. The Morgan fingerprint density at radius 3 is 2.38 bits per heavy atom. The molecule has 0 unspecified atom stereocenters. The minimum absolute atomic E-state index is 0.137. The van der Waals surface area contributed by atoms with E-state index in [0.717, 1.165) is 41.3 Å². The van der Waals surface area contributed by atoms with Crippen molar-refractivity contribution in [2.24, 2.45) is 0 Å². The number of amides is 1. The average molecular weight is 506 g/mol. The highest BCUT2D eigenvalue weighted by molar-refractivity contribution is 5.82. The molecule has 1 N–H and O–H groups in total. The second-order valence-electron chi connectivity index (χ2n) is 9.13. The summed E-state index contributed by atoms with van der Waals surface area (Å²) >= 11 is 0. The van der Waals surface area contributed by atoms with Crippen molar-refractivity contribution >= 4 is 6.09 Å². The molecule has 190 valence electrons. The van der Waals surface area contributed by atoms with E-state index < -0.39 is 11.7 Å². The van der Waals surface area contributed by atoms with Crippen LogP contribution < -0.4 is 0 Å². The number of alkyl halides is 3. The lowest BCUT2D eigenvalue weighted by Gasteiger charge is -2.31. The predicted molar refractivity (Wildman–Crippen MR) is 135 cm³/mol. The van der Waals surface area contributed by atoms with Gasteiger partial charge in [-0.2, -0.15) is 13.2 Å². The van der Waals surface area contributed by atoms with Crippen LogP contribution in [-0.4, -0.2) is 34.1 Å². The van der Waals surface area contributed by atoms with Crippen LogP contribution in [0.3, 0.4) is 0 Å². The van der Waals surface area contributed by atoms with Gasteiger partial charge in [-0.15, -0.1) is 0 Å². The molecule has 5 nitrogen and oxygen atoms in total. The zero-order valence-electron chi connectivity index (χ0n) is 20.0. The number of H-pyrrole nitrogens is 1. The number of benzene rings is 2. The molecule has 0 atom stereocenters. The largest absolute Gasteiger partial charge is 0.445 e. The highest BCUT2D eigenvalue weighted by Crippen LogP contribution is 2.39. The molecule has 1 fully saturated rings. The summed E-state index contributed by atoms with van der Waals surface area (Å²) in [7, 11) is 0. The topological polar surface area (TPSA) is 58.2 Å². The Kier molecular flexibility index (Phi) is 6.99. The van der Waals surface area contributed by atoms with Gasteiger partial charge in [-0.3, -0.25) is 4.98 Å². The van der Waals surface area contributed by atoms with E-state index in [-0.39, 0.29) is 18.6 Å². The fraction of sp³-hybridized carbons (Fsp3) is 0.241. The normalized spacial score (nSPS) is 14.5.